The minimum absolute atomic E-state index is 0.198. The first-order valence-electron chi connectivity index (χ1n) is 7.90. The zero-order valence-corrected chi connectivity index (χ0v) is 12.8. The highest BCUT2D eigenvalue weighted by Crippen LogP contribution is 2.42. The van der Waals surface area contributed by atoms with Gasteiger partial charge in [0.15, 0.2) is 0 Å². The number of aromatic nitrogens is 1. The van der Waals surface area contributed by atoms with Crippen molar-refractivity contribution in [1.29, 1.82) is 0 Å². The number of hydrogen-bond donors (Lipinski definition) is 1. The molecule has 0 spiro atoms. The summed E-state index contributed by atoms with van der Waals surface area (Å²) in [5.41, 5.74) is 5.04. The average molecular weight is 296 g/mol. The molecule has 2 aliphatic heterocycles. The molecular formula is C18H20N2O2. The average Bonchev–Trinajstić information content (AvgIpc) is 2.93. The number of nitrogens with one attached hydrogen (secondary N) is 1. The second kappa shape index (κ2) is 5.29. The molecule has 4 rings (SSSR count). The summed E-state index contributed by atoms with van der Waals surface area (Å²) in [6.45, 7) is 2.15. The van der Waals surface area contributed by atoms with Gasteiger partial charge < -0.3 is 9.72 Å². The zero-order chi connectivity index (χ0) is 15.1. The van der Waals surface area contributed by atoms with E-state index in [0.717, 1.165) is 32.4 Å². The van der Waals surface area contributed by atoms with E-state index in [-0.39, 0.29) is 12.0 Å². The molecule has 1 saturated heterocycles. The number of aromatic amines is 1. The topological polar surface area (TPSA) is 45.3 Å². The first-order chi connectivity index (χ1) is 10.8. The molecule has 0 bridgehead atoms. The number of benzene rings is 1. The van der Waals surface area contributed by atoms with Crippen LogP contribution in [0, 0.1) is 0 Å². The van der Waals surface area contributed by atoms with Gasteiger partial charge in [-0.3, -0.25) is 4.90 Å². The van der Waals surface area contributed by atoms with Crippen LogP contribution in [0.15, 0.2) is 35.9 Å². The number of hydrogen-bond acceptors (Lipinski definition) is 3. The van der Waals surface area contributed by atoms with Crippen molar-refractivity contribution in [3.8, 4) is 0 Å². The van der Waals surface area contributed by atoms with Crippen LogP contribution in [0.25, 0.3) is 10.9 Å². The summed E-state index contributed by atoms with van der Waals surface area (Å²) in [6, 6.07) is 8.67. The fourth-order valence-electron chi connectivity index (χ4n) is 3.94. The van der Waals surface area contributed by atoms with E-state index in [1.165, 1.54) is 34.8 Å². The van der Waals surface area contributed by atoms with Crippen LogP contribution >= 0.6 is 0 Å². The number of rotatable bonds is 1. The predicted octanol–water partition coefficient (Wildman–Crippen LogP) is 2.96. The Morgan fingerprint density at radius 3 is 3.05 bits per heavy atom. The SMILES string of the molecule is COC(=O)/C=C1\CCCN2CCc3c([nH]c4ccccc34)[C@@H]12. The van der Waals surface area contributed by atoms with E-state index in [9.17, 15) is 4.79 Å². The molecular weight excluding hydrogens is 276 g/mol. The van der Waals surface area contributed by atoms with Gasteiger partial charge in [-0.15, -0.1) is 0 Å². The van der Waals surface area contributed by atoms with Crippen molar-refractivity contribution < 1.29 is 9.53 Å². The van der Waals surface area contributed by atoms with Crippen molar-refractivity contribution in [2.45, 2.75) is 25.3 Å². The van der Waals surface area contributed by atoms with Crippen molar-refractivity contribution in [3.05, 3.63) is 47.2 Å². The minimum atomic E-state index is -0.250. The zero-order valence-electron chi connectivity index (χ0n) is 12.8. The molecule has 0 amide bonds. The number of para-hydroxylation sites is 1. The van der Waals surface area contributed by atoms with Gasteiger partial charge in [-0.05, 0) is 43.0 Å². The van der Waals surface area contributed by atoms with E-state index >= 15 is 0 Å². The largest absolute Gasteiger partial charge is 0.466 e. The Morgan fingerprint density at radius 1 is 1.32 bits per heavy atom. The molecule has 2 aromatic rings. The molecule has 1 aromatic heterocycles. The molecule has 3 heterocycles. The van der Waals surface area contributed by atoms with Gasteiger partial charge in [0.1, 0.15) is 0 Å². The van der Waals surface area contributed by atoms with Gasteiger partial charge in [0.05, 0.1) is 13.2 Å². The molecule has 1 N–H and O–H groups in total. The Hall–Kier alpha value is -2.07. The van der Waals surface area contributed by atoms with Crippen LogP contribution < -0.4 is 0 Å². The van der Waals surface area contributed by atoms with Crippen LogP contribution in [0.1, 0.15) is 30.1 Å². The van der Waals surface area contributed by atoms with E-state index in [2.05, 4.69) is 34.1 Å². The number of H-pyrrole nitrogens is 1. The minimum Gasteiger partial charge on any atom is -0.466 e. The molecule has 1 atom stereocenters. The van der Waals surface area contributed by atoms with Gasteiger partial charge in [-0.25, -0.2) is 4.79 Å². The van der Waals surface area contributed by atoms with Gasteiger partial charge >= 0.3 is 5.97 Å². The third-order valence-corrected chi connectivity index (χ3v) is 4.90. The van der Waals surface area contributed by atoms with Gasteiger partial charge in [-0.2, -0.15) is 0 Å². The lowest BCUT2D eigenvalue weighted by atomic mass is 9.86. The number of methoxy groups -OCH3 is 1. The molecule has 1 aromatic carbocycles. The van der Waals surface area contributed by atoms with Gasteiger partial charge in [-0.1, -0.05) is 18.2 Å². The summed E-state index contributed by atoms with van der Waals surface area (Å²) in [7, 11) is 1.44. The monoisotopic (exact) mass is 296 g/mol. The second-order valence-electron chi connectivity index (χ2n) is 6.10. The highest BCUT2D eigenvalue weighted by atomic mass is 16.5. The quantitative estimate of drug-likeness (QED) is 0.650. The van der Waals surface area contributed by atoms with E-state index in [4.69, 9.17) is 4.74 Å². The van der Waals surface area contributed by atoms with Crippen LogP contribution in [-0.2, 0) is 16.0 Å². The second-order valence-corrected chi connectivity index (χ2v) is 6.10. The lowest BCUT2D eigenvalue weighted by molar-refractivity contribution is -0.134. The number of fused-ring (bicyclic) bond motifs is 5. The fourth-order valence-corrected chi connectivity index (χ4v) is 3.94. The smallest absolute Gasteiger partial charge is 0.330 e. The van der Waals surface area contributed by atoms with Crippen LogP contribution in [0.3, 0.4) is 0 Å². The van der Waals surface area contributed by atoms with Crippen LogP contribution in [0.5, 0.6) is 0 Å². The summed E-state index contributed by atoms with van der Waals surface area (Å²) in [5.74, 6) is -0.250. The Morgan fingerprint density at radius 2 is 2.18 bits per heavy atom. The molecule has 114 valence electrons. The number of nitrogens with zero attached hydrogens (tertiary/aromatic N) is 1. The molecule has 2 aliphatic rings. The van der Waals surface area contributed by atoms with Crippen molar-refractivity contribution >= 4 is 16.9 Å². The van der Waals surface area contributed by atoms with Crippen molar-refractivity contribution in [2.24, 2.45) is 0 Å². The first kappa shape index (κ1) is 13.6. The summed E-state index contributed by atoms with van der Waals surface area (Å²) in [6.07, 6.45) is 4.83. The fraction of sp³-hybridized carbons (Fsp3) is 0.389. The molecule has 22 heavy (non-hydrogen) atoms. The predicted molar refractivity (Wildman–Crippen MR) is 85.6 cm³/mol. The molecule has 0 radical (unpaired) electrons. The molecule has 0 saturated carbocycles. The van der Waals surface area contributed by atoms with Crippen molar-refractivity contribution in [3.63, 3.8) is 0 Å². The van der Waals surface area contributed by atoms with E-state index < -0.39 is 0 Å². The van der Waals surface area contributed by atoms with Gasteiger partial charge in [0.25, 0.3) is 0 Å². The Bertz CT molecular complexity index is 760. The highest BCUT2D eigenvalue weighted by molar-refractivity contribution is 5.86. The lowest BCUT2D eigenvalue weighted by Gasteiger charge is -2.40. The molecule has 0 aliphatic carbocycles. The van der Waals surface area contributed by atoms with Crippen molar-refractivity contribution in [1.82, 2.24) is 9.88 Å². The number of piperidine rings is 1. The lowest BCUT2D eigenvalue weighted by Crippen LogP contribution is -2.40. The van der Waals surface area contributed by atoms with Crippen LogP contribution in [-0.4, -0.2) is 36.1 Å². The summed E-state index contributed by atoms with van der Waals surface area (Å²) < 4.78 is 4.84. The van der Waals surface area contributed by atoms with E-state index in [0.29, 0.717) is 0 Å². The van der Waals surface area contributed by atoms with E-state index in [1.54, 1.807) is 6.08 Å². The van der Waals surface area contributed by atoms with Gasteiger partial charge in [0.2, 0.25) is 0 Å². The van der Waals surface area contributed by atoms with Crippen molar-refractivity contribution in [2.75, 3.05) is 20.2 Å². The third-order valence-electron chi connectivity index (χ3n) is 4.90. The summed E-state index contributed by atoms with van der Waals surface area (Å²) in [4.78, 5) is 17.8. The molecule has 4 heteroatoms. The number of carbonyl (C=O) groups is 1. The Balaban J connectivity index is 1.85. The van der Waals surface area contributed by atoms with Crippen LogP contribution in [0.2, 0.25) is 0 Å². The van der Waals surface area contributed by atoms with Crippen LogP contribution in [0.4, 0.5) is 0 Å². The number of carbonyl (C=O) groups excluding carboxylic acids is 1. The maximum Gasteiger partial charge on any atom is 0.330 e. The highest BCUT2D eigenvalue weighted by Gasteiger charge is 2.35. The molecule has 0 unspecified atom stereocenters. The Labute approximate surface area is 129 Å². The standard InChI is InChI=1S/C18H20N2O2/c1-22-16(21)11-12-5-4-9-20-10-8-14-13-6-2-3-7-15(13)19-17(14)18(12)20/h2-3,6-7,11,18-19H,4-5,8-10H2,1H3/b12-11+/t18-/m1/s1. The molecule has 1 fully saturated rings. The normalized spacial score (nSPS) is 23.3. The summed E-state index contributed by atoms with van der Waals surface area (Å²) in [5, 5.41) is 1.32. The number of ether oxygens (including phenoxy) is 1. The summed E-state index contributed by atoms with van der Waals surface area (Å²) >= 11 is 0. The maximum absolute atomic E-state index is 11.7. The maximum atomic E-state index is 11.7. The third kappa shape index (κ3) is 2.06. The molecule has 4 nitrogen and oxygen atoms in total. The van der Waals surface area contributed by atoms with E-state index in [1.807, 2.05) is 0 Å². The number of esters is 1. The first-order valence-corrected chi connectivity index (χ1v) is 7.90. The van der Waals surface area contributed by atoms with Gasteiger partial charge in [0, 0.05) is 29.2 Å². The Kier molecular flexibility index (Phi) is 3.26.